The third kappa shape index (κ3) is 3.13. The van der Waals surface area contributed by atoms with E-state index in [-0.39, 0.29) is 5.91 Å². The molecule has 0 saturated heterocycles. The van der Waals surface area contributed by atoms with Gasteiger partial charge in [0.25, 0.3) is 5.91 Å². The minimum Gasteiger partial charge on any atom is -0.333 e. The highest BCUT2D eigenvalue weighted by Gasteiger charge is 2.34. The van der Waals surface area contributed by atoms with Crippen LogP contribution in [-0.2, 0) is 12.8 Å². The Morgan fingerprint density at radius 2 is 1.86 bits per heavy atom. The summed E-state index contributed by atoms with van der Waals surface area (Å²) in [5, 5.41) is 12.5. The first kappa shape index (κ1) is 14.6. The van der Waals surface area contributed by atoms with E-state index in [4.69, 9.17) is 0 Å². The maximum Gasteiger partial charge on any atom is 0.262 e. The minimum atomic E-state index is -0.628. The molecule has 1 aromatic rings. The molecule has 0 aliphatic heterocycles. The molecule has 1 fully saturated rings. The van der Waals surface area contributed by atoms with Crippen LogP contribution in [0.15, 0.2) is 6.07 Å². The second kappa shape index (κ2) is 6.19. The summed E-state index contributed by atoms with van der Waals surface area (Å²) in [6.45, 7) is 0. The number of nitriles is 1. The fourth-order valence-electron chi connectivity index (χ4n) is 3.48. The van der Waals surface area contributed by atoms with Crippen LogP contribution in [0, 0.1) is 11.3 Å². The van der Waals surface area contributed by atoms with Gasteiger partial charge in [-0.2, -0.15) is 5.26 Å². The van der Waals surface area contributed by atoms with Crippen LogP contribution in [0.4, 0.5) is 0 Å². The van der Waals surface area contributed by atoms with E-state index in [2.05, 4.69) is 17.5 Å². The number of amides is 1. The summed E-state index contributed by atoms with van der Waals surface area (Å²) in [5.74, 6) is -0.0449. The predicted octanol–water partition coefficient (Wildman–Crippen LogP) is 3.97. The number of aryl methyl sites for hydroxylation is 2. The zero-order valence-corrected chi connectivity index (χ0v) is 13.2. The van der Waals surface area contributed by atoms with Crippen LogP contribution in [-0.4, -0.2) is 11.4 Å². The minimum absolute atomic E-state index is 0.0449. The van der Waals surface area contributed by atoms with Crippen molar-refractivity contribution in [3.05, 3.63) is 21.4 Å². The molecule has 0 atom stereocenters. The molecule has 1 saturated carbocycles. The molecule has 2 aliphatic rings. The molecule has 112 valence electrons. The maximum atomic E-state index is 12.5. The Labute approximate surface area is 130 Å². The van der Waals surface area contributed by atoms with Gasteiger partial charge in [0.05, 0.1) is 10.9 Å². The number of hydrogen-bond donors (Lipinski definition) is 1. The number of thiophene rings is 1. The van der Waals surface area contributed by atoms with E-state index in [9.17, 15) is 10.1 Å². The van der Waals surface area contributed by atoms with E-state index in [1.807, 2.05) is 0 Å². The first-order valence-corrected chi connectivity index (χ1v) is 8.89. The number of fused-ring (bicyclic) bond motifs is 1. The Balaban J connectivity index is 1.75. The van der Waals surface area contributed by atoms with E-state index in [0.717, 1.165) is 43.4 Å². The molecule has 0 radical (unpaired) electrons. The highest BCUT2D eigenvalue weighted by molar-refractivity contribution is 7.14. The van der Waals surface area contributed by atoms with E-state index in [1.54, 1.807) is 11.3 Å². The summed E-state index contributed by atoms with van der Waals surface area (Å²) in [6.07, 6.45) is 10.8. The zero-order valence-electron chi connectivity index (χ0n) is 12.4. The smallest absolute Gasteiger partial charge is 0.262 e. The lowest BCUT2D eigenvalue weighted by Crippen LogP contribution is -2.48. The highest BCUT2D eigenvalue weighted by atomic mass is 32.1. The SMILES string of the molecule is N#CC1(NC(=O)c2cc3c(s2)CCCCC3)CCCCC1. The van der Waals surface area contributed by atoms with Crippen LogP contribution in [0.1, 0.15) is 71.5 Å². The van der Waals surface area contributed by atoms with Crippen LogP contribution >= 0.6 is 11.3 Å². The fourth-order valence-corrected chi connectivity index (χ4v) is 4.63. The van der Waals surface area contributed by atoms with Gasteiger partial charge in [0.15, 0.2) is 0 Å². The summed E-state index contributed by atoms with van der Waals surface area (Å²) in [6, 6.07) is 4.43. The average molecular weight is 302 g/mol. The van der Waals surface area contributed by atoms with Gasteiger partial charge >= 0.3 is 0 Å². The van der Waals surface area contributed by atoms with Crippen LogP contribution in [0.5, 0.6) is 0 Å². The quantitative estimate of drug-likeness (QED) is 0.840. The molecule has 1 aromatic heterocycles. The van der Waals surface area contributed by atoms with Gasteiger partial charge in [-0.1, -0.05) is 25.7 Å². The van der Waals surface area contributed by atoms with Crippen molar-refractivity contribution in [1.82, 2.24) is 5.32 Å². The summed E-state index contributed by atoms with van der Waals surface area (Å²) in [4.78, 5) is 14.7. The van der Waals surface area contributed by atoms with Gasteiger partial charge in [-0.25, -0.2) is 0 Å². The molecule has 0 spiro atoms. The molecular formula is C17H22N2OS. The standard InChI is InChI=1S/C17H22N2OS/c18-12-17(9-5-2-6-10-17)19-16(20)15-11-13-7-3-1-4-8-14(13)21-15/h11H,1-10H2,(H,19,20). The van der Waals surface area contributed by atoms with Crippen LogP contribution in [0.2, 0.25) is 0 Å². The number of rotatable bonds is 2. The lowest BCUT2D eigenvalue weighted by Gasteiger charge is -2.31. The fraction of sp³-hybridized carbons (Fsp3) is 0.647. The summed E-state index contributed by atoms with van der Waals surface area (Å²) >= 11 is 1.63. The molecule has 2 aliphatic carbocycles. The number of nitrogens with zero attached hydrogens (tertiary/aromatic N) is 1. The van der Waals surface area contributed by atoms with Crippen LogP contribution < -0.4 is 5.32 Å². The van der Waals surface area contributed by atoms with Gasteiger partial charge in [0, 0.05) is 4.88 Å². The van der Waals surface area contributed by atoms with E-state index in [0.29, 0.717) is 0 Å². The molecule has 0 aromatic carbocycles. The number of carbonyl (C=O) groups is 1. The lowest BCUT2D eigenvalue weighted by molar-refractivity contribution is 0.0907. The van der Waals surface area contributed by atoms with Crippen molar-refractivity contribution in [3.8, 4) is 6.07 Å². The van der Waals surface area contributed by atoms with Crippen molar-refractivity contribution >= 4 is 17.2 Å². The lowest BCUT2D eigenvalue weighted by atomic mass is 9.83. The number of carbonyl (C=O) groups excluding carboxylic acids is 1. The normalized spacial score (nSPS) is 20.9. The number of nitrogens with one attached hydrogen (secondary N) is 1. The van der Waals surface area contributed by atoms with E-state index >= 15 is 0 Å². The third-order valence-corrected chi connectivity index (χ3v) is 5.98. The molecule has 0 unspecified atom stereocenters. The van der Waals surface area contributed by atoms with Gasteiger partial charge in [-0.3, -0.25) is 4.79 Å². The molecule has 1 heterocycles. The first-order valence-electron chi connectivity index (χ1n) is 8.08. The monoisotopic (exact) mass is 302 g/mol. The zero-order chi connectivity index (χ0) is 14.7. The van der Waals surface area contributed by atoms with E-state index in [1.165, 1.54) is 36.1 Å². The highest BCUT2D eigenvalue weighted by Crippen LogP contribution is 2.31. The molecule has 21 heavy (non-hydrogen) atoms. The van der Waals surface area contributed by atoms with Crippen molar-refractivity contribution in [2.45, 2.75) is 69.7 Å². The molecular weight excluding hydrogens is 280 g/mol. The van der Waals surface area contributed by atoms with Crippen molar-refractivity contribution in [2.24, 2.45) is 0 Å². The summed E-state index contributed by atoms with van der Waals surface area (Å²) < 4.78 is 0. The van der Waals surface area contributed by atoms with Crippen molar-refractivity contribution in [2.75, 3.05) is 0 Å². The molecule has 3 rings (SSSR count). The topological polar surface area (TPSA) is 52.9 Å². The van der Waals surface area contributed by atoms with Gasteiger partial charge in [-0.05, 0) is 50.2 Å². The Kier molecular flexibility index (Phi) is 4.30. The third-order valence-electron chi connectivity index (χ3n) is 4.74. The maximum absolute atomic E-state index is 12.5. The van der Waals surface area contributed by atoms with Crippen molar-refractivity contribution in [1.29, 1.82) is 5.26 Å². The molecule has 0 bridgehead atoms. The number of hydrogen-bond acceptors (Lipinski definition) is 3. The first-order chi connectivity index (χ1) is 10.2. The van der Waals surface area contributed by atoms with Gasteiger partial charge in [0.2, 0.25) is 0 Å². The summed E-state index contributed by atoms with van der Waals surface area (Å²) in [5.41, 5.74) is 0.730. The Bertz CT molecular complexity index is 540. The average Bonchev–Trinajstić information content (AvgIpc) is 2.79. The van der Waals surface area contributed by atoms with E-state index < -0.39 is 5.54 Å². The Hall–Kier alpha value is -1.34. The predicted molar refractivity (Wildman–Crippen MR) is 84.5 cm³/mol. The van der Waals surface area contributed by atoms with Gasteiger partial charge in [-0.15, -0.1) is 11.3 Å². The second-order valence-electron chi connectivity index (χ2n) is 6.33. The largest absolute Gasteiger partial charge is 0.333 e. The Morgan fingerprint density at radius 1 is 1.14 bits per heavy atom. The molecule has 1 N–H and O–H groups in total. The van der Waals surface area contributed by atoms with Gasteiger partial charge < -0.3 is 5.32 Å². The van der Waals surface area contributed by atoms with Crippen LogP contribution in [0.3, 0.4) is 0 Å². The van der Waals surface area contributed by atoms with Crippen molar-refractivity contribution < 1.29 is 4.79 Å². The molecule has 3 nitrogen and oxygen atoms in total. The molecule has 1 amide bonds. The summed E-state index contributed by atoms with van der Waals surface area (Å²) in [7, 11) is 0. The van der Waals surface area contributed by atoms with Crippen LogP contribution in [0.25, 0.3) is 0 Å². The Morgan fingerprint density at radius 3 is 2.62 bits per heavy atom. The van der Waals surface area contributed by atoms with Gasteiger partial charge in [0.1, 0.15) is 5.54 Å². The molecule has 4 heteroatoms. The second-order valence-corrected chi connectivity index (χ2v) is 7.47. The van der Waals surface area contributed by atoms with Crippen molar-refractivity contribution in [3.63, 3.8) is 0 Å².